The summed E-state index contributed by atoms with van der Waals surface area (Å²) in [4.78, 5) is 30.1. The SMILES string of the molecule is COc1cc(C=Nn2c(-c3cc4c(OC)cccc4o3)nc3ccccc3c2=O)ccc1OCC(=O)OC(C)C. The van der Waals surface area contributed by atoms with Gasteiger partial charge in [0.05, 0.1) is 42.8 Å². The number of hydrogen-bond donors (Lipinski definition) is 0. The van der Waals surface area contributed by atoms with Gasteiger partial charge in [-0.15, -0.1) is 0 Å². The maximum atomic E-state index is 13.5. The predicted octanol–water partition coefficient (Wildman–Crippen LogP) is 5.04. The van der Waals surface area contributed by atoms with E-state index in [2.05, 4.69) is 5.10 Å². The molecule has 2 heterocycles. The van der Waals surface area contributed by atoms with E-state index in [0.717, 1.165) is 5.39 Å². The fourth-order valence-corrected chi connectivity index (χ4v) is 4.15. The van der Waals surface area contributed by atoms with E-state index in [4.69, 9.17) is 28.3 Å². The number of rotatable bonds is 9. The van der Waals surface area contributed by atoms with Crippen molar-refractivity contribution in [3.05, 3.63) is 82.6 Å². The molecule has 0 aliphatic carbocycles. The van der Waals surface area contributed by atoms with Crippen LogP contribution in [-0.2, 0) is 9.53 Å². The Hall–Kier alpha value is -5.12. The standard InChI is InChI=1S/C30H27N3O7/c1-18(2)39-28(34)17-38-25-13-12-19(14-26(25)37-4)16-31-33-29(32-22-9-6-5-8-20(22)30(33)35)27-15-21-23(36-3)10-7-11-24(21)40-27/h5-16,18H,17H2,1-4H3. The van der Waals surface area contributed by atoms with Gasteiger partial charge in [0, 0.05) is 0 Å². The average molecular weight is 542 g/mol. The topological polar surface area (TPSA) is 114 Å². The number of furan rings is 1. The molecule has 3 aromatic carbocycles. The molecular weight excluding hydrogens is 514 g/mol. The summed E-state index contributed by atoms with van der Waals surface area (Å²) in [7, 11) is 3.07. The largest absolute Gasteiger partial charge is 0.496 e. The van der Waals surface area contributed by atoms with Gasteiger partial charge in [-0.3, -0.25) is 4.79 Å². The van der Waals surface area contributed by atoms with Crippen LogP contribution in [-0.4, -0.2) is 48.8 Å². The molecule has 0 spiro atoms. The number of carbonyl (C=O) groups is 1. The van der Waals surface area contributed by atoms with Crippen LogP contribution in [0.15, 0.2) is 81.0 Å². The van der Waals surface area contributed by atoms with Crippen LogP contribution in [0.4, 0.5) is 0 Å². The molecule has 2 aromatic heterocycles. The molecule has 0 saturated carbocycles. The maximum Gasteiger partial charge on any atom is 0.344 e. The Kier molecular flexibility index (Phi) is 7.50. The van der Waals surface area contributed by atoms with Crippen molar-refractivity contribution in [3.8, 4) is 28.8 Å². The Labute approximate surface area is 229 Å². The van der Waals surface area contributed by atoms with Gasteiger partial charge in [0.15, 0.2) is 23.9 Å². The molecule has 0 aliphatic rings. The van der Waals surface area contributed by atoms with Crippen molar-refractivity contribution in [3.63, 3.8) is 0 Å². The van der Waals surface area contributed by atoms with Gasteiger partial charge >= 0.3 is 5.97 Å². The molecule has 0 bridgehead atoms. The first-order valence-electron chi connectivity index (χ1n) is 12.5. The molecular formula is C30H27N3O7. The van der Waals surface area contributed by atoms with E-state index >= 15 is 0 Å². The summed E-state index contributed by atoms with van der Waals surface area (Å²) in [6, 6.07) is 19.3. The lowest BCUT2D eigenvalue weighted by atomic mass is 10.2. The van der Waals surface area contributed by atoms with Crippen molar-refractivity contribution in [1.29, 1.82) is 0 Å². The quantitative estimate of drug-likeness (QED) is 0.188. The molecule has 204 valence electrons. The molecule has 0 radical (unpaired) electrons. The Bertz CT molecular complexity index is 1790. The highest BCUT2D eigenvalue weighted by Crippen LogP contribution is 2.33. The Morgan fingerprint density at radius 1 is 0.975 bits per heavy atom. The van der Waals surface area contributed by atoms with E-state index in [-0.39, 0.29) is 24.1 Å². The van der Waals surface area contributed by atoms with Crippen molar-refractivity contribution in [2.45, 2.75) is 20.0 Å². The molecule has 0 fully saturated rings. The molecule has 0 amide bonds. The fraction of sp³-hybridized carbons (Fsp3) is 0.200. The summed E-state index contributed by atoms with van der Waals surface area (Å²) in [5.74, 6) is 1.48. The van der Waals surface area contributed by atoms with Crippen molar-refractivity contribution in [1.82, 2.24) is 9.66 Å². The number of methoxy groups -OCH3 is 2. The van der Waals surface area contributed by atoms with Crippen LogP contribution in [0.1, 0.15) is 19.4 Å². The Morgan fingerprint density at radius 2 is 1.77 bits per heavy atom. The summed E-state index contributed by atoms with van der Waals surface area (Å²) in [5, 5.41) is 5.64. The third kappa shape index (κ3) is 5.37. The fourth-order valence-electron chi connectivity index (χ4n) is 4.15. The number of hydrogen-bond acceptors (Lipinski definition) is 9. The van der Waals surface area contributed by atoms with Gasteiger partial charge in [0.2, 0.25) is 5.82 Å². The zero-order chi connectivity index (χ0) is 28.2. The van der Waals surface area contributed by atoms with Gasteiger partial charge < -0.3 is 23.4 Å². The second kappa shape index (κ2) is 11.3. The smallest absolute Gasteiger partial charge is 0.344 e. The van der Waals surface area contributed by atoms with Gasteiger partial charge in [0.25, 0.3) is 5.56 Å². The van der Waals surface area contributed by atoms with Crippen LogP contribution < -0.4 is 19.8 Å². The normalized spacial score (nSPS) is 11.4. The lowest BCUT2D eigenvalue weighted by Gasteiger charge is -2.12. The average Bonchev–Trinajstić information content (AvgIpc) is 3.40. The van der Waals surface area contributed by atoms with E-state index in [9.17, 15) is 9.59 Å². The molecule has 0 aliphatic heterocycles. The van der Waals surface area contributed by atoms with Gasteiger partial charge in [-0.1, -0.05) is 18.2 Å². The molecule has 40 heavy (non-hydrogen) atoms. The lowest BCUT2D eigenvalue weighted by molar-refractivity contribution is -0.149. The number of benzene rings is 3. The summed E-state index contributed by atoms with van der Waals surface area (Å²) < 4.78 is 28.8. The molecule has 0 atom stereocenters. The second-order valence-electron chi connectivity index (χ2n) is 9.03. The van der Waals surface area contributed by atoms with Crippen LogP contribution in [0.2, 0.25) is 0 Å². The highest BCUT2D eigenvalue weighted by molar-refractivity contribution is 5.88. The Morgan fingerprint density at radius 3 is 2.55 bits per heavy atom. The van der Waals surface area contributed by atoms with E-state index in [1.807, 2.05) is 24.3 Å². The van der Waals surface area contributed by atoms with Crippen LogP contribution >= 0.6 is 0 Å². The van der Waals surface area contributed by atoms with Gasteiger partial charge in [0.1, 0.15) is 11.3 Å². The molecule has 5 rings (SSSR count). The second-order valence-corrected chi connectivity index (χ2v) is 9.03. The number of fused-ring (bicyclic) bond motifs is 2. The van der Waals surface area contributed by atoms with Gasteiger partial charge in [-0.2, -0.15) is 9.78 Å². The van der Waals surface area contributed by atoms with Crippen molar-refractivity contribution in [2.75, 3.05) is 20.8 Å². The van der Waals surface area contributed by atoms with Gasteiger partial charge in [-0.25, -0.2) is 9.78 Å². The molecule has 10 nitrogen and oxygen atoms in total. The third-order valence-corrected chi connectivity index (χ3v) is 5.94. The van der Waals surface area contributed by atoms with Crippen molar-refractivity contribution >= 4 is 34.1 Å². The highest BCUT2D eigenvalue weighted by atomic mass is 16.6. The summed E-state index contributed by atoms with van der Waals surface area (Å²) in [5.41, 5.74) is 1.36. The lowest BCUT2D eigenvalue weighted by Crippen LogP contribution is -2.20. The van der Waals surface area contributed by atoms with Gasteiger partial charge in [-0.05, 0) is 67.9 Å². The van der Waals surface area contributed by atoms with Crippen molar-refractivity contribution < 1.29 is 28.2 Å². The maximum absolute atomic E-state index is 13.5. The first kappa shape index (κ1) is 26.5. The number of nitrogens with zero attached hydrogens (tertiary/aromatic N) is 3. The van der Waals surface area contributed by atoms with Crippen LogP contribution in [0.5, 0.6) is 17.2 Å². The summed E-state index contributed by atoms with van der Waals surface area (Å²) in [6.45, 7) is 3.27. The van der Waals surface area contributed by atoms with E-state index in [0.29, 0.717) is 45.1 Å². The minimum Gasteiger partial charge on any atom is -0.496 e. The highest BCUT2D eigenvalue weighted by Gasteiger charge is 2.18. The molecule has 5 aromatic rings. The molecule has 10 heteroatoms. The number of aromatic nitrogens is 2. The first-order valence-corrected chi connectivity index (χ1v) is 12.5. The van der Waals surface area contributed by atoms with Crippen LogP contribution in [0, 0.1) is 0 Å². The van der Waals surface area contributed by atoms with E-state index in [1.165, 1.54) is 18.0 Å². The molecule has 0 N–H and O–H groups in total. The zero-order valence-corrected chi connectivity index (χ0v) is 22.4. The van der Waals surface area contributed by atoms with Crippen molar-refractivity contribution in [2.24, 2.45) is 5.10 Å². The summed E-state index contributed by atoms with van der Waals surface area (Å²) >= 11 is 0. The number of carbonyl (C=O) groups excluding carboxylic acids is 1. The van der Waals surface area contributed by atoms with Crippen LogP contribution in [0.25, 0.3) is 33.5 Å². The first-order chi connectivity index (χ1) is 19.4. The van der Waals surface area contributed by atoms with E-state index in [1.54, 1.807) is 63.4 Å². The predicted molar refractivity (Wildman–Crippen MR) is 150 cm³/mol. The minimum absolute atomic E-state index is 0.230. The monoisotopic (exact) mass is 541 g/mol. The number of ether oxygens (including phenoxy) is 4. The number of para-hydroxylation sites is 1. The minimum atomic E-state index is -0.485. The molecule has 0 saturated heterocycles. The molecule has 0 unspecified atom stereocenters. The van der Waals surface area contributed by atoms with Crippen LogP contribution in [0.3, 0.4) is 0 Å². The third-order valence-electron chi connectivity index (χ3n) is 5.94. The Balaban J connectivity index is 1.53. The summed E-state index contributed by atoms with van der Waals surface area (Å²) in [6.07, 6.45) is 1.26. The zero-order valence-electron chi connectivity index (χ0n) is 22.4. The number of esters is 1. The van der Waals surface area contributed by atoms with E-state index < -0.39 is 5.97 Å².